The molecule has 0 aliphatic rings. The van der Waals surface area contributed by atoms with E-state index in [2.05, 4.69) is 9.82 Å². The summed E-state index contributed by atoms with van der Waals surface area (Å²) < 4.78 is 32.5. The minimum atomic E-state index is -3.94. The largest absolute Gasteiger partial charge is 0.301 e. The lowest BCUT2D eigenvalue weighted by Crippen LogP contribution is -2.44. The lowest BCUT2D eigenvalue weighted by Gasteiger charge is -2.14. The van der Waals surface area contributed by atoms with E-state index in [1.807, 2.05) is 67.6 Å². The Balaban J connectivity index is 1.89. The van der Waals surface area contributed by atoms with Crippen LogP contribution in [0, 0.1) is 6.92 Å². The Hall–Kier alpha value is -2.62. The van der Waals surface area contributed by atoms with Gasteiger partial charge in [-0.1, -0.05) is 25.4 Å². The van der Waals surface area contributed by atoms with Crippen LogP contribution in [0.4, 0.5) is 0 Å². The van der Waals surface area contributed by atoms with Gasteiger partial charge in [-0.3, -0.25) is 9.48 Å². The van der Waals surface area contributed by atoms with E-state index in [1.54, 1.807) is 10.8 Å². The van der Waals surface area contributed by atoms with Crippen LogP contribution in [-0.2, 0) is 22.1 Å². The highest BCUT2D eigenvalue weighted by Gasteiger charge is 2.18. The first-order valence-corrected chi connectivity index (χ1v) is 11.8. The summed E-state index contributed by atoms with van der Waals surface area (Å²) in [7, 11) is -2.13. The van der Waals surface area contributed by atoms with Crippen LogP contribution in [-0.4, -0.2) is 34.7 Å². The molecule has 2 aromatic heterocycles. The van der Waals surface area contributed by atoms with Crippen molar-refractivity contribution >= 4 is 44.7 Å². The molecule has 31 heavy (non-hydrogen) atoms. The second kappa shape index (κ2) is 9.25. The summed E-state index contributed by atoms with van der Waals surface area (Å²) in [6, 6.07) is 7.31. The Bertz CT molecular complexity index is 1240. The summed E-state index contributed by atoms with van der Waals surface area (Å²) >= 11 is 6.09. The average Bonchev–Trinajstić information content (AvgIpc) is 3.22. The van der Waals surface area contributed by atoms with E-state index in [4.69, 9.17) is 11.6 Å². The van der Waals surface area contributed by atoms with E-state index in [1.165, 1.54) is 6.08 Å². The van der Waals surface area contributed by atoms with Gasteiger partial charge in [0.25, 0.3) is 5.91 Å². The summed E-state index contributed by atoms with van der Waals surface area (Å²) in [6.45, 7) is 5.59. The van der Waals surface area contributed by atoms with Crippen molar-refractivity contribution in [3.63, 3.8) is 0 Å². The highest BCUT2D eigenvalue weighted by molar-refractivity contribution is 7.88. The molecule has 2 heterocycles. The SMILES string of the molecule is CCC(CC)NS(=O)(=O)NC(=O)/C=C/c1c(C)nn(C)c1-n1ccc2cc(Cl)ccc21. The van der Waals surface area contributed by atoms with Gasteiger partial charge in [0, 0.05) is 41.3 Å². The molecule has 0 aliphatic carbocycles. The summed E-state index contributed by atoms with van der Waals surface area (Å²) in [5.41, 5.74) is 2.34. The van der Waals surface area contributed by atoms with E-state index in [0.717, 1.165) is 16.7 Å². The minimum absolute atomic E-state index is 0.225. The van der Waals surface area contributed by atoms with E-state index < -0.39 is 16.1 Å². The zero-order valence-electron chi connectivity index (χ0n) is 17.9. The quantitative estimate of drug-likeness (QED) is 0.499. The molecule has 8 nitrogen and oxygen atoms in total. The van der Waals surface area contributed by atoms with E-state index in [-0.39, 0.29) is 6.04 Å². The smallest absolute Gasteiger partial charge is 0.301 e. The molecule has 0 unspecified atom stereocenters. The van der Waals surface area contributed by atoms with Crippen molar-refractivity contribution in [2.75, 3.05) is 0 Å². The van der Waals surface area contributed by atoms with E-state index >= 15 is 0 Å². The molecule has 0 aliphatic heterocycles. The van der Waals surface area contributed by atoms with Crippen molar-refractivity contribution < 1.29 is 13.2 Å². The predicted octanol–water partition coefficient (Wildman–Crippen LogP) is 3.48. The zero-order valence-corrected chi connectivity index (χ0v) is 19.5. The Morgan fingerprint density at radius 3 is 2.65 bits per heavy atom. The van der Waals surface area contributed by atoms with Crippen LogP contribution < -0.4 is 9.44 Å². The lowest BCUT2D eigenvalue weighted by atomic mass is 10.2. The summed E-state index contributed by atoms with van der Waals surface area (Å²) in [6.07, 6.45) is 5.94. The second-order valence-corrected chi connectivity index (χ2v) is 9.15. The maximum absolute atomic E-state index is 12.3. The van der Waals surface area contributed by atoms with Crippen LogP contribution in [0.3, 0.4) is 0 Å². The molecule has 0 atom stereocenters. The van der Waals surface area contributed by atoms with Gasteiger partial charge >= 0.3 is 10.2 Å². The standard InChI is InChI=1S/C21H26ClN5O3S/c1-5-17(6-2)24-31(29,30)25-20(28)10-8-18-14(3)23-26(4)21(18)27-12-11-15-13-16(22)7-9-19(15)27/h7-13,17,24H,5-6H2,1-4H3,(H,25,28)/b10-8+. The third kappa shape index (κ3) is 5.17. The Labute approximate surface area is 187 Å². The summed E-state index contributed by atoms with van der Waals surface area (Å²) in [4.78, 5) is 12.3. The van der Waals surface area contributed by atoms with Gasteiger partial charge in [0.15, 0.2) is 0 Å². The monoisotopic (exact) mass is 463 g/mol. The van der Waals surface area contributed by atoms with Crippen LogP contribution in [0.5, 0.6) is 0 Å². The first kappa shape index (κ1) is 23.1. The lowest BCUT2D eigenvalue weighted by molar-refractivity contribution is -0.114. The molecule has 166 valence electrons. The first-order valence-electron chi connectivity index (χ1n) is 9.97. The fourth-order valence-electron chi connectivity index (χ4n) is 3.47. The zero-order chi connectivity index (χ0) is 22.8. The number of nitrogens with one attached hydrogen (secondary N) is 2. The number of amides is 1. The molecule has 10 heteroatoms. The third-order valence-electron chi connectivity index (χ3n) is 5.06. The predicted molar refractivity (Wildman–Crippen MR) is 123 cm³/mol. The fraction of sp³-hybridized carbons (Fsp3) is 0.333. The van der Waals surface area contributed by atoms with Gasteiger partial charge in [0.2, 0.25) is 0 Å². The Morgan fingerprint density at radius 2 is 1.97 bits per heavy atom. The van der Waals surface area contributed by atoms with Gasteiger partial charge in [-0.2, -0.15) is 18.2 Å². The van der Waals surface area contributed by atoms with Crippen LogP contribution in [0.25, 0.3) is 22.8 Å². The van der Waals surface area contributed by atoms with Crippen molar-refractivity contribution in [1.29, 1.82) is 0 Å². The van der Waals surface area contributed by atoms with Crippen LogP contribution in [0.15, 0.2) is 36.5 Å². The van der Waals surface area contributed by atoms with Gasteiger partial charge in [-0.05, 0) is 50.1 Å². The molecular weight excluding hydrogens is 438 g/mol. The molecule has 2 N–H and O–H groups in total. The molecule has 0 bridgehead atoms. The number of carbonyl (C=O) groups excluding carboxylic acids is 1. The fourth-order valence-corrected chi connectivity index (χ4v) is 4.82. The van der Waals surface area contributed by atoms with Crippen molar-refractivity contribution in [1.82, 2.24) is 23.8 Å². The van der Waals surface area contributed by atoms with E-state index in [0.29, 0.717) is 29.1 Å². The number of hydrogen-bond donors (Lipinski definition) is 2. The van der Waals surface area contributed by atoms with Crippen molar-refractivity contribution in [2.45, 2.75) is 39.7 Å². The van der Waals surface area contributed by atoms with Crippen molar-refractivity contribution in [2.24, 2.45) is 7.05 Å². The number of halogens is 1. The molecule has 3 rings (SSSR count). The number of aryl methyl sites for hydroxylation is 2. The maximum atomic E-state index is 12.3. The highest BCUT2D eigenvalue weighted by Crippen LogP contribution is 2.27. The summed E-state index contributed by atoms with van der Waals surface area (Å²) in [5, 5.41) is 6.08. The molecule has 0 saturated carbocycles. The molecule has 3 aromatic rings. The van der Waals surface area contributed by atoms with Gasteiger partial charge in [0.05, 0.1) is 11.2 Å². The van der Waals surface area contributed by atoms with Crippen LogP contribution in [0.1, 0.15) is 37.9 Å². The Morgan fingerprint density at radius 1 is 1.26 bits per heavy atom. The van der Waals surface area contributed by atoms with Gasteiger partial charge in [-0.25, -0.2) is 4.72 Å². The molecule has 0 saturated heterocycles. The minimum Gasteiger partial charge on any atom is -0.301 e. The first-order chi connectivity index (χ1) is 14.6. The van der Waals surface area contributed by atoms with Crippen molar-refractivity contribution in [3.05, 3.63) is 52.8 Å². The number of fused-ring (bicyclic) bond motifs is 1. The number of aromatic nitrogens is 3. The maximum Gasteiger partial charge on any atom is 0.301 e. The molecule has 0 radical (unpaired) electrons. The number of benzene rings is 1. The topological polar surface area (TPSA) is 98.0 Å². The van der Waals surface area contributed by atoms with Crippen molar-refractivity contribution in [3.8, 4) is 5.82 Å². The average molecular weight is 464 g/mol. The number of carbonyl (C=O) groups is 1. The van der Waals surface area contributed by atoms with Crippen LogP contribution >= 0.6 is 11.6 Å². The molecule has 1 amide bonds. The Kier molecular flexibility index (Phi) is 6.88. The third-order valence-corrected chi connectivity index (χ3v) is 6.41. The van der Waals surface area contributed by atoms with Crippen LogP contribution in [0.2, 0.25) is 5.02 Å². The molecule has 0 fully saturated rings. The normalized spacial score (nSPS) is 12.3. The van der Waals surface area contributed by atoms with E-state index in [9.17, 15) is 13.2 Å². The van der Waals surface area contributed by atoms with Gasteiger partial charge in [-0.15, -0.1) is 0 Å². The number of nitrogens with zero attached hydrogens (tertiary/aromatic N) is 3. The van der Waals surface area contributed by atoms with Gasteiger partial charge < -0.3 is 4.57 Å². The number of hydrogen-bond acceptors (Lipinski definition) is 4. The molecule has 0 spiro atoms. The molecular formula is C21H26ClN5O3S. The van der Waals surface area contributed by atoms with Gasteiger partial charge in [0.1, 0.15) is 5.82 Å². The molecule has 1 aromatic carbocycles. The highest BCUT2D eigenvalue weighted by atomic mass is 35.5. The second-order valence-electron chi connectivity index (χ2n) is 7.27. The summed E-state index contributed by atoms with van der Waals surface area (Å²) in [5.74, 6) is 0.00805. The number of rotatable bonds is 8.